The maximum absolute atomic E-state index is 13.4. The molecule has 0 spiro atoms. The topological polar surface area (TPSA) is 84.2 Å². The summed E-state index contributed by atoms with van der Waals surface area (Å²) in [6.07, 6.45) is 1.40. The van der Waals surface area contributed by atoms with Crippen molar-refractivity contribution >= 4 is 39.7 Å². The highest BCUT2D eigenvalue weighted by Crippen LogP contribution is 2.35. The minimum atomic E-state index is -4.57. The molecule has 0 bridgehead atoms. The average Bonchev–Trinajstić information content (AvgIpc) is 3.27. The number of fused-ring (bicyclic) bond motifs is 2. The summed E-state index contributed by atoms with van der Waals surface area (Å²) in [6, 6.07) is 8.78. The van der Waals surface area contributed by atoms with Crippen LogP contribution in [0.4, 0.5) is 18.9 Å². The van der Waals surface area contributed by atoms with Gasteiger partial charge in [-0.3, -0.25) is 4.79 Å². The van der Waals surface area contributed by atoms with Crippen LogP contribution in [0.25, 0.3) is 16.6 Å². The van der Waals surface area contributed by atoms with E-state index >= 15 is 0 Å². The quantitative estimate of drug-likeness (QED) is 0.417. The summed E-state index contributed by atoms with van der Waals surface area (Å²) in [5.74, 6) is -0.233. The van der Waals surface area contributed by atoms with Crippen LogP contribution in [0.3, 0.4) is 0 Å². The monoisotopic (exact) mass is 488 g/mol. The van der Waals surface area contributed by atoms with Crippen molar-refractivity contribution in [2.24, 2.45) is 0 Å². The first-order valence-corrected chi connectivity index (χ1v) is 11.2. The van der Waals surface area contributed by atoms with E-state index in [2.05, 4.69) is 25.7 Å². The maximum atomic E-state index is 13.4. The van der Waals surface area contributed by atoms with Crippen LogP contribution in [0.2, 0.25) is 5.02 Å². The number of aromatic nitrogens is 4. The van der Waals surface area contributed by atoms with Crippen molar-refractivity contribution in [2.45, 2.75) is 43.9 Å². The zero-order valence-corrected chi connectivity index (χ0v) is 18.6. The van der Waals surface area contributed by atoms with Gasteiger partial charge in [0, 0.05) is 34.4 Å². The lowest BCUT2D eigenvalue weighted by Gasteiger charge is -2.31. The molecular weight excluding hydrogens is 469 g/mol. The molecule has 1 amide bonds. The number of anilines is 1. The van der Waals surface area contributed by atoms with Gasteiger partial charge in [0.1, 0.15) is 12.0 Å². The van der Waals surface area contributed by atoms with Crippen LogP contribution < -0.4 is 10.6 Å². The molecule has 34 heavy (non-hydrogen) atoms. The number of alkyl halides is 3. The molecule has 0 aliphatic heterocycles. The second-order valence-electron chi connectivity index (χ2n) is 8.37. The fourth-order valence-electron chi connectivity index (χ4n) is 4.35. The van der Waals surface area contributed by atoms with Crippen LogP contribution in [0.15, 0.2) is 48.9 Å². The van der Waals surface area contributed by atoms with Gasteiger partial charge in [0.15, 0.2) is 5.65 Å². The zero-order chi connectivity index (χ0) is 23.9. The molecule has 1 aliphatic rings. The van der Waals surface area contributed by atoms with Crippen molar-refractivity contribution in [3.63, 3.8) is 0 Å². The molecular formula is C23H20ClF3N6O. The Labute approximate surface area is 197 Å². The van der Waals surface area contributed by atoms with Crippen molar-refractivity contribution in [3.05, 3.63) is 65.2 Å². The smallest absolute Gasteiger partial charge is 0.382 e. The molecule has 11 heteroatoms. The third-order valence-corrected chi connectivity index (χ3v) is 6.20. The van der Waals surface area contributed by atoms with Gasteiger partial charge < -0.3 is 10.6 Å². The van der Waals surface area contributed by atoms with E-state index in [1.54, 1.807) is 24.4 Å². The molecule has 3 heterocycles. The molecule has 176 valence electrons. The minimum absolute atomic E-state index is 0.121. The lowest BCUT2D eigenvalue weighted by molar-refractivity contribution is -0.140. The summed E-state index contributed by atoms with van der Waals surface area (Å²) in [4.78, 5) is 20.6. The Morgan fingerprint density at radius 1 is 1.12 bits per heavy atom. The van der Waals surface area contributed by atoms with E-state index < -0.39 is 11.9 Å². The summed E-state index contributed by atoms with van der Waals surface area (Å²) >= 11 is 6.10. The second kappa shape index (κ2) is 8.75. The number of halogens is 4. The molecule has 2 atom stereocenters. The number of carbonyl (C=O) groups is 1. The van der Waals surface area contributed by atoms with Crippen LogP contribution in [-0.4, -0.2) is 37.6 Å². The van der Waals surface area contributed by atoms with Crippen LogP contribution in [-0.2, 0) is 6.18 Å². The lowest BCUT2D eigenvalue weighted by atomic mass is 9.90. The molecule has 1 saturated carbocycles. The lowest BCUT2D eigenvalue weighted by Crippen LogP contribution is -2.41. The van der Waals surface area contributed by atoms with E-state index in [9.17, 15) is 18.0 Å². The highest BCUT2D eigenvalue weighted by atomic mass is 35.5. The summed E-state index contributed by atoms with van der Waals surface area (Å²) in [5.41, 5.74) is 0.673. The van der Waals surface area contributed by atoms with E-state index in [1.165, 1.54) is 23.0 Å². The average molecular weight is 489 g/mol. The van der Waals surface area contributed by atoms with Gasteiger partial charge in [0.2, 0.25) is 0 Å². The maximum Gasteiger partial charge on any atom is 0.433 e. The van der Waals surface area contributed by atoms with E-state index in [1.807, 2.05) is 0 Å². The predicted molar refractivity (Wildman–Crippen MR) is 122 cm³/mol. The van der Waals surface area contributed by atoms with Gasteiger partial charge in [0.25, 0.3) is 5.91 Å². The number of hydrogen-bond donors (Lipinski definition) is 2. The highest BCUT2D eigenvalue weighted by molar-refractivity contribution is 6.31. The van der Waals surface area contributed by atoms with E-state index in [4.69, 9.17) is 11.6 Å². The van der Waals surface area contributed by atoms with Crippen molar-refractivity contribution < 1.29 is 18.0 Å². The molecule has 0 unspecified atom stereocenters. The molecule has 1 fully saturated rings. The Morgan fingerprint density at radius 3 is 2.76 bits per heavy atom. The van der Waals surface area contributed by atoms with Crippen molar-refractivity contribution in [3.8, 4) is 0 Å². The summed E-state index contributed by atoms with van der Waals surface area (Å²) in [6.45, 7) is 0. The predicted octanol–water partition coefficient (Wildman–Crippen LogP) is 5.10. The van der Waals surface area contributed by atoms with Crippen LogP contribution >= 0.6 is 11.6 Å². The summed E-state index contributed by atoms with van der Waals surface area (Å²) in [7, 11) is 0. The minimum Gasteiger partial charge on any atom is -0.382 e. The van der Waals surface area contributed by atoms with Crippen molar-refractivity contribution in [1.29, 1.82) is 0 Å². The van der Waals surface area contributed by atoms with E-state index in [0.717, 1.165) is 25.3 Å². The van der Waals surface area contributed by atoms with Crippen LogP contribution in [0.1, 0.15) is 41.7 Å². The first-order chi connectivity index (χ1) is 16.3. The number of nitrogens with one attached hydrogen (secondary N) is 2. The Bertz CT molecular complexity index is 1370. The molecule has 7 nitrogen and oxygen atoms in total. The van der Waals surface area contributed by atoms with Gasteiger partial charge >= 0.3 is 6.18 Å². The van der Waals surface area contributed by atoms with Crippen molar-refractivity contribution in [2.75, 3.05) is 5.32 Å². The largest absolute Gasteiger partial charge is 0.433 e. The van der Waals surface area contributed by atoms with Gasteiger partial charge in [-0.25, -0.2) is 14.5 Å². The molecule has 1 aromatic carbocycles. The number of pyridine rings is 2. The number of amides is 1. The molecule has 1 aliphatic carbocycles. The number of benzene rings is 1. The standard InChI is InChI=1S/C23H20ClF3N6O/c24-14-5-6-18-17(8-14)19(10-20(32-18)23(25,26)27)30-15-2-1-3-16(9-15)31-22(34)13-4-7-21-28-12-29-33(21)11-13/h4-8,10-12,15-16H,1-3,9H2,(H,30,32)(H,31,34)/t15-,16+/m0/s1. The highest BCUT2D eigenvalue weighted by Gasteiger charge is 2.34. The van der Waals surface area contributed by atoms with Gasteiger partial charge in [0.05, 0.1) is 11.1 Å². The molecule has 2 N–H and O–H groups in total. The second-order valence-corrected chi connectivity index (χ2v) is 8.81. The first kappa shape index (κ1) is 22.4. The van der Waals surface area contributed by atoms with E-state index in [-0.39, 0.29) is 23.5 Å². The van der Waals surface area contributed by atoms with Crippen LogP contribution in [0, 0.1) is 0 Å². The van der Waals surface area contributed by atoms with E-state index in [0.29, 0.717) is 33.7 Å². The molecule has 3 aromatic heterocycles. The number of hydrogen-bond acceptors (Lipinski definition) is 5. The molecule has 4 aromatic rings. The number of carbonyl (C=O) groups excluding carboxylic acids is 1. The van der Waals surface area contributed by atoms with Gasteiger partial charge in [-0.15, -0.1) is 0 Å². The van der Waals surface area contributed by atoms with Gasteiger partial charge in [-0.05, 0) is 62.1 Å². The van der Waals surface area contributed by atoms with Gasteiger partial charge in [-0.1, -0.05) is 11.6 Å². The normalized spacial score (nSPS) is 18.8. The summed E-state index contributed by atoms with van der Waals surface area (Å²) in [5, 5.41) is 11.3. The molecule has 0 saturated heterocycles. The SMILES string of the molecule is O=C(N[C@@H]1CCC[C@H](Nc2cc(C(F)(F)F)nc3ccc(Cl)cc23)C1)c1ccc2ncnn2c1. The summed E-state index contributed by atoms with van der Waals surface area (Å²) < 4.78 is 41.8. The van der Waals surface area contributed by atoms with Crippen molar-refractivity contribution in [1.82, 2.24) is 24.9 Å². The van der Waals surface area contributed by atoms with Crippen LogP contribution in [0.5, 0.6) is 0 Å². The molecule has 0 radical (unpaired) electrons. The Kier molecular flexibility index (Phi) is 5.76. The fourth-order valence-corrected chi connectivity index (χ4v) is 4.53. The third-order valence-electron chi connectivity index (χ3n) is 5.97. The number of nitrogens with zero attached hydrogens (tertiary/aromatic N) is 4. The first-order valence-electron chi connectivity index (χ1n) is 10.8. The zero-order valence-electron chi connectivity index (χ0n) is 17.8. The van der Waals surface area contributed by atoms with Gasteiger partial charge in [-0.2, -0.15) is 18.3 Å². The number of rotatable bonds is 4. The fraction of sp³-hybridized carbons (Fsp3) is 0.304. The Hall–Kier alpha value is -3.40. The third kappa shape index (κ3) is 4.63. The molecule has 5 rings (SSSR count). The Balaban J connectivity index is 1.34. The Morgan fingerprint density at radius 2 is 1.94 bits per heavy atom.